The van der Waals surface area contributed by atoms with Crippen LogP contribution in [0.15, 0.2) is 41.5 Å². The molecule has 29 heavy (non-hydrogen) atoms. The molecule has 1 unspecified atom stereocenters. The Morgan fingerprint density at radius 3 is 2.31 bits per heavy atom. The smallest absolute Gasteiger partial charge is 0.335 e. The molecular formula is C22H24N2O5. The summed E-state index contributed by atoms with van der Waals surface area (Å²) in [5.41, 5.74) is 3.28. The molecule has 7 nitrogen and oxygen atoms in total. The highest BCUT2D eigenvalue weighted by molar-refractivity contribution is 6.14. The number of ether oxygens (including phenoxy) is 2. The lowest BCUT2D eigenvalue weighted by Gasteiger charge is -2.22. The first-order valence-electron chi connectivity index (χ1n) is 9.39. The third-order valence-corrected chi connectivity index (χ3v) is 4.97. The monoisotopic (exact) mass is 396 g/mol. The van der Waals surface area contributed by atoms with Crippen LogP contribution in [0.3, 0.4) is 0 Å². The molecular weight excluding hydrogens is 372 g/mol. The lowest BCUT2D eigenvalue weighted by molar-refractivity contribution is -0.132. The largest absolute Gasteiger partial charge is 0.493 e. The summed E-state index contributed by atoms with van der Waals surface area (Å²) < 4.78 is 10.9. The van der Waals surface area contributed by atoms with Crippen LogP contribution in [-0.4, -0.2) is 48.0 Å². The van der Waals surface area contributed by atoms with E-state index in [2.05, 4.69) is 0 Å². The van der Waals surface area contributed by atoms with Crippen LogP contribution in [0.1, 0.15) is 47.3 Å². The number of fused-ring (bicyclic) bond motifs is 1. The topological polar surface area (TPSA) is 88.4 Å². The molecule has 1 aliphatic heterocycles. The van der Waals surface area contributed by atoms with Crippen molar-refractivity contribution >= 4 is 17.6 Å². The number of carbonyl (C=O) groups excluding carboxylic acids is 1. The number of rotatable bonds is 5. The summed E-state index contributed by atoms with van der Waals surface area (Å²) in [4.78, 5) is 23.7. The first-order valence-corrected chi connectivity index (χ1v) is 9.39. The number of carbonyl (C=O) groups is 2. The molecule has 7 heteroatoms. The van der Waals surface area contributed by atoms with Crippen molar-refractivity contribution in [3.05, 3.63) is 58.7 Å². The zero-order valence-electron chi connectivity index (χ0n) is 16.9. The zero-order valence-corrected chi connectivity index (χ0v) is 16.9. The van der Waals surface area contributed by atoms with E-state index in [1.807, 2.05) is 19.1 Å². The fourth-order valence-electron chi connectivity index (χ4n) is 3.42. The van der Waals surface area contributed by atoms with E-state index < -0.39 is 5.97 Å². The van der Waals surface area contributed by atoms with Crippen LogP contribution < -0.4 is 9.47 Å². The van der Waals surface area contributed by atoms with Gasteiger partial charge in [-0.05, 0) is 43.2 Å². The number of hydrazone groups is 1. The van der Waals surface area contributed by atoms with Crippen LogP contribution in [-0.2, 0) is 11.2 Å². The Bertz CT molecular complexity index is 966. The van der Waals surface area contributed by atoms with Gasteiger partial charge in [0.2, 0.25) is 5.91 Å². The van der Waals surface area contributed by atoms with Gasteiger partial charge in [-0.3, -0.25) is 4.79 Å². The number of hydrogen-bond acceptors (Lipinski definition) is 5. The average Bonchev–Trinajstić information content (AvgIpc) is 2.87. The Labute approximate surface area is 169 Å². The third-order valence-electron chi connectivity index (χ3n) is 4.97. The van der Waals surface area contributed by atoms with E-state index in [1.54, 1.807) is 33.3 Å². The van der Waals surface area contributed by atoms with E-state index in [0.29, 0.717) is 35.6 Å². The molecule has 2 aromatic rings. The van der Waals surface area contributed by atoms with E-state index >= 15 is 0 Å². The van der Waals surface area contributed by atoms with Gasteiger partial charge < -0.3 is 14.6 Å². The summed E-state index contributed by atoms with van der Waals surface area (Å²) in [6.07, 6.45) is 0.934. The summed E-state index contributed by atoms with van der Waals surface area (Å²) in [6, 6.07) is 10.1. The molecule has 1 atom stereocenters. The third kappa shape index (κ3) is 3.94. The summed E-state index contributed by atoms with van der Waals surface area (Å²) in [5, 5.41) is 15.4. The van der Waals surface area contributed by atoms with Crippen molar-refractivity contribution in [2.75, 3.05) is 14.2 Å². The highest BCUT2D eigenvalue weighted by Gasteiger charge is 2.28. The molecule has 2 aromatic carbocycles. The van der Waals surface area contributed by atoms with Gasteiger partial charge in [-0.1, -0.05) is 19.1 Å². The van der Waals surface area contributed by atoms with Gasteiger partial charge in [-0.15, -0.1) is 0 Å². The second kappa shape index (κ2) is 8.34. The summed E-state index contributed by atoms with van der Waals surface area (Å²) in [5.74, 6) is 0.0878. The number of nitrogens with zero attached hydrogens (tertiary/aromatic N) is 2. The molecule has 0 bridgehead atoms. The molecule has 0 aromatic heterocycles. The number of aromatic carboxylic acids is 1. The zero-order chi connectivity index (χ0) is 21.1. The van der Waals surface area contributed by atoms with E-state index in [1.165, 1.54) is 17.1 Å². The minimum absolute atomic E-state index is 0.0797. The summed E-state index contributed by atoms with van der Waals surface area (Å²) in [7, 11) is 3.14. The van der Waals surface area contributed by atoms with Crippen LogP contribution in [0.5, 0.6) is 11.5 Å². The SMILES string of the molecule is CCC(=O)N1N=C(c2ccc(C(=O)O)cc2)c2cc(OC)c(OC)cc2CC1C. The quantitative estimate of drug-likeness (QED) is 0.837. The van der Waals surface area contributed by atoms with Crippen LogP contribution in [0.2, 0.25) is 0 Å². The predicted molar refractivity (Wildman–Crippen MR) is 109 cm³/mol. The number of hydrogen-bond donors (Lipinski definition) is 1. The van der Waals surface area contributed by atoms with Crippen molar-refractivity contribution in [1.82, 2.24) is 5.01 Å². The maximum atomic E-state index is 12.5. The molecule has 0 saturated heterocycles. The van der Waals surface area contributed by atoms with Gasteiger partial charge in [-0.25, -0.2) is 9.80 Å². The van der Waals surface area contributed by atoms with Crippen LogP contribution in [0, 0.1) is 0 Å². The van der Waals surface area contributed by atoms with E-state index in [9.17, 15) is 14.7 Å². The second-order valence-electron chi connectivity index (χ2n) is 6.84. The van der Waals surface area contributed by atoms with Crippen molar-refractivity contribution in [2.24, 2.45) is 5.10 Å². The number of benzene rings is 2. The summed E-state index contributed by atoms with van der Waals surface area (Å²) >= 11 is 0. The Morgan fingerprint density at radius 2 is 1.76 bits per heavy atom. The van der Waals surface area contributed by atoms with Crippen molar-refractivity contribution in [1.29, 1.82) is 0 Å². The van der Waals surface area contributed by atoms with E-state index in [-0.39, 0.29) is 17.5 Å². The van der Waals surface area contributed by atoms with Crippen molar-refractivity contribution in [3.63, 3.8) is 0 Å². The number of amides is 1. The standard InChI is InChI=1S/C22H24N2O5/c1-5-20(25)24-13(2)10-16-11-18(28-3)19(29-4)12-17(16)21(23-24)14-6-8-15(9-7-14)22(26)27/h6-9,11-13H,5,10H2,1-4H3,(H,26,27). The van der Waals surface area contributed by atoms with Crippen LogP contribution >= 0.6 is 0 Å². The molecule has 0 aliphatic carbocycles. The second-order valence-corrected chi connectivity index (χ2v) is 6.84. The normalized spacial score (nSPS) is 15.8. The minimum atomic E-state index is -0.998. The lowest BCUT2D eigenvalue weighted by Crippen LogP contribution is -2.34. The first kappa shape index (κ1) is 20.4. The van der Waals surface area contributed by atoms with Crippen molar-refractivity contribution in [2.45, 2.75) is 32.7 Å². The molecule has 0 radical (unpaired) electrons. The molecule has 1 aliphatic rings. The van der Waals surface area contributed by atoms with Gasteiger partial charge in [0.05, 0.1) is 31.5 Å². The highest BCUT2D eigenvalue weighted by Crippen LogP contribution is 2.34. The molecule has 1 amide bonds. The fraction of sp³-hybridized carbons (Fsp3) is 0.318. The first-order chi connectivity index (χ1) is 13.9. The minimum Gasteiger partial charge on any atom is -0.493 e. The van der Waals surface area contributed by atoms with Crippen LogP contribution in [0.25, 0.3) is 0 Å². The number of carboxylic acids is 1. The number of carboxylic acid groups (broad SMARTS) is 1. The van der Waals surface area contributed by atoms with Gasteiger partial charge in [0.15, 0.2) is 11.5 Å². The van der Waals surface area contributed by atoms with Gasteiger partial charge in [0, 0.05) is 17.5 Å². The molecule has 0 spiro atoms. The predicted octanol–water partition coefficient (Wildman–Crippen LogP) is 3.34. The van der Waals surface area contributed by atoms with Gasteiger partial charge in [-0.2, -0.15) is 5.10 Å². The lowest BCUT2D eigenvalue weighted by atomic mass is 9.93. The molecule has 3 rings (SSSR count). The summed E-state index contributed by atoms with van der Waals surface area (Å²) in [6.45, 7) is 3.75. The highest BCUT2D eigenvalue weighted by atomic mass is 16.5. The molecule has 1 N–H and O–H groups in total. The Hall–Kier alpha value is -3.35. The Morgan fingerprint density at radius 1 is 1.14 bits per heavy atom. The molecule has 0 saturated carbocycles. The molecule has 152 valence electrons. The van der Waals surface area contributed by atoms with Crippen molar-refractivity contribution in [3.8, 4) is 11.5 Å². The van der Waals surface area contributed by atoms with Crippen LogP contribution in [0.4, 0.5) is 0 Å². The van der Waals surface area contributed by atoms with Gasteiger partial charge in [0.1, 0.15) is 0 Å². The van der Waals surface area contributed by atoms with Gasteiger partial charge in [0.25, 0.3) is 0 Å². The maximum Gasteiger partial charge on any atom is 0.335 e. The molecule has 0 fully saturated rings. The Kier molecular flexibility index (Phi) is 5.87. The maximum absolute atomic E-state index is 12.5. The van der Waals surface area contributed by atoms with E-state index in [4.69, 9.17) is 14.6 Å². The van der Waals surface area contributed by atoms with Gasteiger partial charge >= 0.3 is 5.97 Å². The molecule has 1 heterocycles. The van der Waals surface area contributed by atoms with Crippen molar-refractivity contribution < 1.29 is 24.2 Å². The van der Waals surface area contributed by atoms with E-state index in [0.717, 1.165) is 11.1 Å². The fourth-order valence-corrected chi connectivity index (χ4v) is 3.42. The number of methoxy groups -OCH3 is 2. The Balaban J connectivity index is 2.22. The average molecular weight is 396 g/mol.